The Kier molecular flexibility index (Phi) is 4.02. The van der Waals surface area contributed by atoms with Gasteiger partial charge < -0.3 is 0 Å². The molecule has 0 saturated carbocycles. The maximum atomic E-state index is 13.2. The maximum Gasteiger partial charge on any atom is 0.198 e. The summed E-state index contributed by atoms with van der Waals surface area (Å²) in [4.78, 5) is 11.4. The number of rotatable bonds is 4. The van der Waals surface area contributed by atoms with Crippen LogP contribution in [0.4, 0.5) is 10.1 Å². The smallest absolute Gasteiger partial charge is 0.198 e. The average Bonchev–Trinajstić information content (AvgIpc) is 2.90. The summed E-state index contributed by atoms with van der Waals surface area (Å²) < 4.78 is 13.2. The number of hydrogen-bond donors (Lipinski definition) is 0. The Bertz CT molecular complexity index is 707. The Morgan fingerprint density at radius 1 is 1.18 bits per heavy atom. The molecule has 0 N–H and O–H groups in total. The predicted molar refractivity (Wildman–Crippen MR) is 80.6 cm³/mol. The summed E-state index contributed by atoms with van der Waals surface area (Å²) in [5.41, 5.74) is 1.41. The van der Waals surface area contributed by atoms with Gasteiger partial charge in [-0.1, -0.05) is 29.0 Å². The third-order valence-electron chi connectivity index (χ3n) is 3.25. The molecule has 1 aliphatic rings. The Labute approximate surface area is 131 Å². The summed E-state index contributed by atoms with van der Waals surface area (Å²) in [5, 5.41) is 11.6. The molecule has 0 saturated heterocycles. The summed E-state index contributed by atoms with van der Waals surface area (Å²) in [6.45, 7) is 0.286. The van der Waals surface area contributed by atoms with E-state index in [1.54, 1.807) is 36.4 Å². The van der Waals surface area contributed by atoms with Crippen LogP contribution in [0, 0.1) is 5.82 Å². The minimum absolute atomic E-state index is 0.286. The molecule has 3 rings (SSSR count). The third-order valence-corrected chi connectivity index (χ3v) is 3.51. The Morgan fingerprint density at radius 2 is 1.95 bits per heavy atom. The molecule has 2 aromatic rings. The van der Waals surface area contributed by atoms with E-state index in [2.05, 4.69) is 10.4 Å². The number of nitrogens with zero attached hydrogens (tertiary/aromatic N) is 4. The average molecular weight is 319 g/mol. The van der Waals surface area contributed by atoms with E-state index in [1.165, 1.54) is 22.2 Å². The lowest BCUT2D eigenvalue weighted by Crippen LogP contribution is -2.39. The molecule has 0 spiro atoms. The second kappa shape index (κ2) is 6.11. The summed E-state index contributed by atoms with van der Waals surface area (Å²) in [6, 6.07) is 13.1. The first-order valence-corrected chi connectivity index (χ1v) is 6.98. The molecular formula is C15H12ClFN4O. The number of carbonyl (C=O) groups is 1. The molecule has 0 aliphatic carbocycles. The SMILES string of the molecule is O=CC1N(Cc2cccc(F)c2)N=NN1c1ccc(Cl)cc1. The van der Waals surface area contributed by atoms with E-state index in [1.807, 2.05) is 0 Å². The maximum absolute atomic E-state index is 13.2. The first-order valence-electron chi connectivity index (χ1n) is 6.60. The van der Waals surface area contributed by atoms with Crippen LogP contribution < -0.4 is 5.01 Å². The van der Waals surface area contributed by atoms with Gasteiger partial charge in [-0.2, -0.15) is 0 Å². The van der Waals surface area contributed by atoms with Crippen LogP contribution in [0.1, 0.15) is 5.56 Å². The molecule has 2 aromatic carbocycles. The fraction of sp³-hybridized carbons (Fsp3) is 0.133. The van der Waals surface area contributed by atoms with Crippen molar-refractivity contribution >= 4 is 23.6 Å². The Hall–Kier alpha value is -2.47. The van der Waals surface area contributed by atoms with Crippen LogP contribution in [-0.4, -0.2) is 17.5 Å². The summed E-state index contributed by atoms with van der Waals surface area (Å²) >= 11 is 5.85. The standard InChI is InChI=1S/C15H12ClFN4O/c16-12-4-6-14(7-5-12)21-15(10-22)20(18-19-21)9-11-2-1-3-13(17)8-11/h1-8,10,15H,9H2. The van der Waals surface area contributed by atoms with E-state index in [4.69, 9.17) is 11.6 Å². The minimum Gasteiger partial charge on any atom is -0.299 e. The van der Waals surface area contributed by atoms with Crippen LogP contribution in [0.15, 0.2) is 59.0 Å². The minimum atomic E-state index is -0.676. The lowest BCUT2D eigenvalue weighted by atomic mass is 10.2. The van der Waals surface area contributed by atoms with Crippen molar-refractivity contribution in [2.75, 3.05) is 5.01 Å². The lowest BCUT2D eigenvalue weighted by Gasteiger charge is -2.23. The molecule has 1 heterocycles. The second-order valence-electron chi connectivity index (χ2n) is 4.78. The summed E-state index contributed by atoms with van der Waals surface area (Å²) in [6.07, 6.45) is 0.0675. The van der Waals surface area contributed by atoms with Gasteiger partial charge in [-0.15, -0.1) is 0 Å². The van der Waals surface area contributed by atoms with Gasteiger partial charge in [0, 0.05) is 5.02 Å². The molecule has 0 bridgehead atoms. The fourth-order valence-electron chi connectivity index (χ4n) is 2.20. The highest BCUT2D eigenvalue weighted by Gasteiger charge is 2.30. The normalized spacial score (nSPS) is 17.1. The fourth-order valence-corrected chi connectivity index (χ4v) is 2.33. The molecule has 5 nitrogen and oxygen atoms in total. The van der Waals surface area contributed by atoms with Crippen LogP contribution in [0.5, 0.6) is 0 Å². The zero-order chi connectivity index (χ0) is 15.5. The third kappa shape index (κ3) is 2.92. The Balaban J connectivity index is 1.79. The van der Waals surface area contributed by atoms with Gasteiger partial charge in [0.1, 0.15) is 5.82 Å². The monoisotopic (exact) mass is 318 g/mol. The molecule has 7 heteroatoms. The number of aldehydes is 1. The van der Waals surface area contributed by atoms with E-state index in [-0.39, 0.29) is 12.4 Å². The number of carbonyl (C=O) groups excluding carboxylic acids is 1. The molecule has 22 heavy (non-hydrogen) atoms. The number of hydrogen-bond acceptors (Lipinski definition) is 5. The molecule has 0 aromatic heterocycles. The van der Waals surface area contributed by atoms with Gasteiger partial charge in [-0.3, -0.25) is 4.79 Å². The van der Waals surface area contributed by atoms with Gasteiger partial charge in [-0.25, -0.2) is 14.4 Å². The molecule has 1 aliphatic heterocycles. The molecule has 1 unspecified atom stereocenters. The van der Waals surface area contributed by atoms with E-state index in [0.29, 0.717) is 16.3 Å². The van der Waals surface area contributed by atoms with E-state index in [0.717, 1.165) is 6.29 Å². The van der Waals surface area contributed by atoms with Crippen LogP contribution in [0.3, 0.4) is 0 Å². The molecule has 1 atom stereocenters. The van der Waals surface area contributed by atoms with Crippen molar-refractivity contribution < 1.29 is 9.18 Å². The van der Waals surface area contributed by atoms with Crippen molar-refractivity contribution in [1.82, 2.24) is 5.01 Å². The van der Waals surface area contributed by atoms with Crippen molar-refractivity contribution in [3.05, 3.63) is 64.9 Å². The topological polar surface area (TPSA) is 48.3 Å². The molecule has 0 fully saturated rings. The van der Waals surface area contributed by atoms with Gasteiger partial charge in [0.25, 0.3) is 0 Å². The van der Waals surface area contributed by atoms with Crippen molar-refractivity contribution in [2.24, 2.45) is 10.4 Å². The van der Waals surface area contributed by atoms with Crippen LogP contribution in [0.25, 0.3) is 0 Å². The summed E-state index contributed by atoms with van der Waals surface area (Å²) in [5.74, 6) is -0.328. The van der Waals surface area contributed by atoms with Crippen LogP contribution in [0.2, 0.25) is 5.02 Å². The molecule has 0 radical (unpaired) electrons. The van der Waals surface area contributed by atoms with Gasteiger partial charge in [0.05, 0.1) is 12.2 Å². The zero-order valence-electron chi connectivity index (χ0n) is 11.4. The number of benzene rings is 2. The highest BCUT2D eigenvalue weighted by atomic mass is 35.5. The van der Waals surface area contributed by atoms with Crippen molar-refractivity contribution in [1.29, 1.82) is 0 Å². The number of anilines is 1. The van der Waals surface area contributed by atoms with Crippen molar-refractivity contribution in [2.45, 2.75) is 12.7 Å². The van der Waals surface area contributed by atoms with Gasteiger partial charge >= 0.3 is 0 Å². The van der Waals surface area contributed by atoms with Gasteiger partial charge in [0.15, 0.2) is 12.5 Å². The Morgan fingerprint density at radius 3 is 2.64 bits per heavy atom. The summed E-state index contributed by atoms with van der Waals surface area (Å²) in [7, 11) is 0. The largest absolute Gasteiger partial charge is 0.299 e. The van der Waals surface area contributed by atoms with E-state index >= 15 is 0 Å². The van der Waals surface area contributed by atoms with Gasteiger partial charge in [-0.05, 0) is 47.2 Å². The van der Waals surface area contributed by atoms with Crippen molar-refractivity contribution in [3.63, 3.8) is 0 Å². The lowest BCUT2D eigenvalue weighted by molar-refractivity contribution is -0.111. The first-order chi connectivity index (χ1) is 10.7. The first kappa shape index (κ1) is 14.5. The van der Waals surface area contributed by atoms with Crippen LogP contribution >= 0.6 is 11.6 Å². The van der Waals surface area contributed by atoms with Gasteiger partial charge in [0.2, 0.25) is 0 Å². The second-order valence-corrected chi connectivity index (χ2v) is 5.21. The van der Waals surface area contributed by atoms with Crippen molar-refractivity contribution in [3.8, 4) is 0 Å². The van der Waals surface area contributed by atoms with Crippen LogP contribution in [-0.2, 0) is 11.3 Å². The molecular weight excluding hydrogens is 307 g/mol. The highest BCUT2D eigenvalue weighted by Crippen LogP contribution is 2.26. The van der Waals surface area contributed by atoms with E-state index < -0.39 is 6.17 Å². The number of halogens is 2. The molecule has 0 amide bonds. The quantitative estimate of drug-likeness (QED) is 0.809. The predicted octanol–water partition coefficient (Wildman–Crippen LogP) is 3.61. The van der Waals surface area contributed by atoms with E-state index in [9.17, 15) is 9.18 Å². The highest BCUT2D eigenvalue weighted by molar-refractivity contribution is 6.30. The zero-order valence-corrected chi connectivity index (χ0v) is 12.2. The molecule has 112 valence electrons.